The quantitative estimate of drug-likeness (QED) is 0.636. The summed E-state index contributed by atoms with van der Waals surface area (Å²) in [6, 6.07) is 7.92. The van der Waals surface area contributed by atoms with Crippen LogP contribution in [-0.4, -0.2) is 58.5 Å². The number of nitrogens with one attached hydrogen (secondary N) is 2. The third-order valence-corrected chi connectivity index (χ3v) is 6.42. The molecule has 32 heavy (non-hydrogen) atoms. The molecule has 8 heteroatoms. The summed E-state index contributed by atoms with van der Waals surface area (Å²) in [6.45, 7) is 4.19. The molecule has 2 saturated heterocycles. The Morgan fingerprint density at radius 1 is 1.22 bits per heavy atom. The van der Waals surface area contributed by atoms with Gasteiger partial charge in [-0.05, 0) is 43.7 Å². The van der Waals surface area contributed by atoms with Crippen LogP contribution in [0.1, 0.15) is 56.5 Å². The molecule has 8 nitrogen and oxygen atoms in total. The standard InChI is InChI=1S/C24H31N3O5/c1-14(2)11-18(26-24(31)21-12-15-5-3-4-6-20(15)32-21)23(30)25-17-9-7-16-8-10-22(29)27(16)13-19(17)28/h3-6,12,14,16-19,28H,7-11,13H2,1-2H3,(H,25,30)(H,26,31)/t16-,17+,18+,19+/m1/s1. The van der Waals surface area contributed by atoms with Crippen molar-refractivity contribution in [1.82, 2.24) is 15.5 Å². The Bertz CT molecular complexity index is 967. The molecular formula is C24H31N3O5. The van der Waals surface area contributed by atoms with Gasteiger partial charge in [0.2, 0.25) is 11.8 Å². The number of para-hydroxylation sites is 1. The van der Waals surface area contributed by atoms with E-state index in [1.54, 1.807) is 17.0 Å². The van der Waals surface area contributed by atoms with Crippen molar-refractivity contribution in [2.45, 2.75) is 70.2 Å². The van der Waals surface area contributed by atoms with Crippen LogP contribution in [0.5, 0.6) is 0 Å². The molecule has 3 heterocycles. The third kappa shape index (κ3) is 4.80. The lowest BCUT2D eigenvalue weighted by molar-refractivity contribution is -0.130. The number of hydrogen-bond donors (Lipinski definition) is 3. The molecule has 0 saturated carbocycles. The van der Waals surface area contributed by atoms with Crippen molar-refractivity contribution < 1.29 is 23.9 Å². The molecule has 4 rings (SSSR count). The van der Waals surface area contributed by atoms with Crippen LogP contribution in [0.15, 0.2) is 34.7 Å². The molecule has 2 aliphatic heterocycles. The number of furan rings is 1. The summed E-state index contributed by atoms with van der Waals surface area (Å²) in [5.41, 5.74) is 0.610. The molecule has 172 valence electrons. The number of carbonyl (C=O) groups excluding carboxylic acids is 3. The topological polar surface area (TPSA) is 112 Å². The first-order chi connectivity index (χ1) is 15.3. The second-order valence-corrected chi connectivity index (χ2v) is 9.30. The monoisotopic (exact) mass is 441 g/mol. The minimum Gasteiger partial charge on any atom is -0.451 e. The van der Waals surface area contributed by atoms with E-state index in [1.165, 1.54) is 0 Å². The SMILES string of the molecule is CC(C)C[C@H](NC(=O)c1cc2ccccc2o1)C(=O)N[C@H]1CC[C@@H]2CCC(=O)N2C[C@@H]1O. The summed E-state index contributed by atoms with van der Waals surface area (Å²) in [6.07, 6.45) is 2.28. The second-order valence-electron chi connectivity index (χ2n) is 9.30. The first kappa shape index (κ1) is 22.3. The first-order valence-electron chi connectivity index (χ1n) is 11.4. The van der Waals surface area contributed by atoms with Crippen LogP contribution in [0.25, 0.3) is 11.0 Å². The van der Waals surface area contributed by atoms with Crippen LogP contribution >= 0.6 is 0 Å². The number of nitrogens with zero attached hydrogens (tertiary/aromatic N) is 1. The van der Waals surface area contributed by atoms with Gasteiger partial charge in [0.25, 0.3) is 5.91 Å². The Morgan fingerprint density at radius 3 is 2.75 bits per heavy atom. The van der Waals surface area contributed by atoms with Gasteiger partial charge in [0.05, 0.1) is 12.1 Å². The zero-order valence-corrected chi connectivity index (χ0v) is 18.5. The molecule has 1 aromatic carbocycles. The van der Waals surface area contributed by atoms with Crippen LogP contribution in [0.2, 0.25) is 0 Å². The molecule has 3 amide bonds. The number of benzene rings is 1. The average Bonchev–Trinajstić information content (AvgIpc) is 3.29. The maximum atomic E-state index is 13.1. The highest BCUT2D eigenvalue weighted by Crippen LogP contribution is 2.27. The first-order valence-corrected chi connectivity index (χ1v) is 11.4. The molecule has 3 N–H and O–H groups in total. The van der Waals surface area contributed by atoms with Gasteiger partial charge in [-0.3, -0.25) is 14.4 Å². The second kappa shape index (κ2) is 9.32. The van der Waals surface area contributed by atoms with Gasteiger partial charge in [-0.15, -0.1) is 0 Å². The molecule has 0 aliphatic carbocycles. The van der Waals surface area contributed by atoms with Crippen LogP contribution < -0.4 is 10.6 Å². The molecule has 1 aromatic heterocycles. The Hall–Kier alpha value is -2.87. The Balaban J connectivity index is 1.43. The predicted octanol–water partition coefficient (Wildman–Crippen LogP) is 2.21. The summed E-state index contributed by atoms with van der Waals surface area (Å²) >= 11 is 0. The number of fused-ring (bicyclic) bond motifs is 2. The molecule has 0 spiro atoms. The fourth-order valence-electron chi connectivity index (χ4n) is 4.72. The number of amides is 3. The van der Waals surface area contributed by atoms with E-state index in [4.69, 9.17) is 4.42 Å². The molecule has 2 aliphatic rings. The highest BCUT2D eigenvalue weighted by atomic mass is 16.3. The van der Waals surface area contributed by atoms with E-state index >= 15 is 0 Å². The summed E-state index contributed by atoms with van der Waals surface area (Å²) in [5.74, 6) is -0.391. The molecule has 2 fully saturated rings. The number of aliphatic hydroxyl groups excluding tert-OH is 1. The zero-order chi connectivity index (χ0) is 22.8. The van der Waals surface area contributed by atoms with Gasteiger partial charge in [0.1, 0.15) is 11.6 Å². The largest absolute Gasteiger partial charge is 0.451 e. The lowest BCUT2D eigenvalue weighted by atomic mass is 10.00. The minimum absolute atomic E-state index is 0.0665. The van der Waals surface area contributed by atoms with Crippen molar-refractivity contribution >= 4 is 28.7 Å². The minimum atomic E-state index is -0.836. The van der Waals surface area contributed by atoms with Crippen molar-refractivity contribution in [3.63, 3.8) is 0 Å². The van der Waals surface area contributed by atoms with Crippen molar-refractivity contribution in [1.29, 1.82) is 0 Å². The van der Waals surface area contributed by atoms with Gasteiger partial charge >= 0.3 is 0 Å². The smallest absolute Gasteiger partial charge is 0.287 e. The highest BCUT2D eigenvalue weighted by molar-refractivity contribution is 5.98. The van der Waals surface area contributed by atoms with E-state index in [1.807, 2.05) is 32.0 Å². The highest BCUT2D eigenvalue weighted by Gasteiger charge is 2.38. The average molecular weight is 442 g/mol. The predicted molar refractivity (Wildman–Crippen MR) is 119 cm³/mol. The van der Waals surface area contributed by atoms with Gasteiger partial charge in [-0.25, -0.2) is 0 Å². The molecule has 0 unspecified atom stereocenters. The van der Waals surface area contributed by atoms with Gasteiger partial charge in [-0.1, -0.05) is 32.0 Å². The third-order valence-electron chi connectivity index (χ3n) is 6.42. The molecule has 4 atom stereocenters. The van der Waals surface area contributed by atoms with Gasteiger partial charge in [0.15, 0.2) is 5.76 Å². The zero-order valence-electron chi connectivity index (χ0n) is 18.5. The molecule has 2 aromatic rings. The fraction of sp³-hybridized carbons (Fsp3) is 0.542. The van der Waals surface area contributed by atoms with E-state index < -0.39 is 24.1 Å². The summed E-state index contributed by atoms with van der Waals surface area (Å²) in [5, 5.41) is 17.2. The molecular weight excluding hydrogens is 410 g/mol. The van der Waals surface area contributed by atoms with Crippen molar-refractivity contribution in [2.24, 2.45) is 5.92 Å². The van der Waals surface area contributed by atoms with Gasteiger partial charge in [0, 0.05) is 24.4 Å². The van der Waals surface area contributed by atoms with Gasteiger partial charge < -0.3 is 25.1 Å². The van der Waals surface area contributed by atoms with E-state index in [-0.39, 0.29) is 36.1 Å². The Labute approximate surface area is 187 Å². The lowest BCUT2D eigenvalue weighted by Gasteiger charge is -2.27. The van der Waals surface area contributed by atoms with Crippen LogP contribution in [-0.2, 0) is 9.59 Å². The number of rotatable bonds is 6. The van der Waals surface area contributed by atoms with E-state index in [2.05, 4.69) is 10.6 Å². The summed E-state index contributed by atoms with van der Waals surface area (Å²) < 4.78 is 5.63. The van der Waals surface area contributed by atoms with Crippen molar-refractivity contribution in [3.8, 4) is 0 Å². The van der Waals surface area contributed by atoms with Gasteiger partial charge in [-0.2, -0.15) is 0 Å². The number of carbonyl (C=O) groups is 3. The maximum absolute atomic E-state index is 13.1. The molecule has 0 radical (unpaired) electrons. The Morgan fingerprint density at radius 2 is 2.00 bits per heavy atom. The van der Waals surface area contributed by atoms with E-state index in [0.29, 0.717) is 24.8 Å². The maximum Gasteiger partial charge on any atom is 0.287 e. The normalized spacial score (nSPS) is 24.3. The van der Waals surface area contributed by atoms with Crippen LogP contribution in [0.3, 0.4) is 0 Å². The Kier molecular flexibility index (Phi) is 6.50. The molecule has 0 bridgehead atoms. The lowest BCUT2D eigenvalue weighted by Crippen LogP contribution is -2.53. The fourth-order valence-corrected chi connectivity index (χ4v) is 4.72. The van der Waals surface area contributed by atoms with Crippen molar-refractivity contribution in [2.75, 3.05) is 6.54 Å². The summed E-state index contributed by atoms with van der Waals surface area (Å²) in [7, 11) is 0. The number of aliphatic hydroxyl groups is 1. The summed E-state index contributed by atoms with van der Waals surface area (Å²) in [4.78, 5) is 39.7. The number of hydrogen-bond acceptors (Lipinski definition) is 5. The van der Waals surface area contributed by atoms with E-state index in [0.717, 1.165) is 18.2 Å². The van der Waals surface area contributed by atoms with Crippen LogP contribution in [0, 0.1) is 5.92 Å². The van der Waals surface area contributed by atoms with E-state index in [9.17, 15) is 19.5 Å². The van der Waals surface area contributed by atoms with Crippen LogP contribution in [0.4, 0.5) is 0 Å². The van der Waals surface area contributed by atoms with Crippen molar-refractivity contribution in [3.05, 3.63) is 36.1 Å².